The molecule has 0 bridgehead atoms. The fourth-order valence-electron chi connectivity index (χ4n) is 5.43. The highest BCUT2D eigenvalue weighted by Gasteiger charge is 2.56. The third-order valence-corrected chi connectivity index (χ3v) is 9.40. The number of fused-ring (bicyclic) bond motifs is 1. The summed E-state index contributed by atoms with van der Waals surface area (Å²) >= 11 is 0. The number of alkyl halides is 5. The maximum atomic E-state index is 12.9. The third kappa shape index (κ3) is 9.04. The number of hydrogen-bond donors (Lipinski definition) is 3. The van der Waals surface area contributed by atoms with Crippen molar-refractivity contribution in [2.75, 3.05) is 18.1 Å². The van der Waals surface area contributed by atoms with Crippen molar-refractivity contribution in [3.8, 4) is 17.2 Å². The van der Waals surface area contributed by atoms with Crippen molar-refractivity contribution in [3.05, 3.63) is 53.6 Å². The van der Waals surface area contributed by atoms with Gasteiger partial charge in [-0.3, -0.25) is 4.21 Å². The molecule has 0 spiro atoms. The minimum atomic E-state index is -5.58. The van der Waals surface area contributed by atoms with Gasteiger partial charge in [-0.05, 0) is 61.4 Å². The number of benzene rings is 2. The molecule has 3 N–H and O–H groups in total. The number of phenols is 2. The summed E-state index contributed by atoms with van der Waals surface area (Å²) in [6.45, 7) is 2.51. The molecule has 41 heavy (non-hydrogen) atoms. The summed E-state index contributed by atoms with van der Waals surface area (Å²) in [6, 6.07) is 12.2. The second-order valence-electron chi connectivity index (χ2n) is 11.1. The Bertz CT molecular complexity index is 1140. The summed E-state index contributed by atoms with van der Waals surface area (Å²) in [6.07, 6.45) is -3.36. The number of unbranched alkanes of at least 4 members (excludes halogenated alkanes) is 2. The lowest BCUT2D eigenvalue weighted by molar-refractivity contribution is -0.284. The first kappa shape index (κ1) is 33.1. The van der Waals surface area contributed by atoms with Crippen LogP contribution in [0.1, 0.15) is 81.8 Å². The molecule has 230 valence electrons. The van der Waals surface area contributed by atoms with Gasteiger partial charge in [-0.15, -0.1) is 0 Å². The Kier molecular flexibility index (Phi) is 11.4. The molecule has 1 heterocycles. The van der Waals surface area contributed by atoms with Gasteiger partial charge in [0.1, 0.15) is 17.2 Å². The second-order valence-corrected chi connectivity index (χ2v) is 12.8. The van der Waals surface area contributed by atoms with E-state index in [-0.39, 0.29) is 34.3 Å². The first-order valence-electron chi connectivity index (χ1n) is 14.0. The van der Waals surface area contributed by atoms with Crippen LogP contribution in [0.15, 0.2) is 42.5 Å². The number of rotatable bonds is 15. The van der Waals surface area contributed by atoms with Crippen molar-refractivity contribution in [2.24, 2.45) is 0 Å². The van der Waals surface area contributed by atoms with Crippen LogP contribution in [0.4, 0.5) is 22.0 Å². The number of aliphatic hydroxyl groups excluding tert-OH is 1. The number of ether oxygens (including phenoxy) is 1. The lowest BCUT2D eigenvalue weighted by atomic mass is 9.66. The Morgan fingerprint density at radius 1 is 0.927 bits per heavy atom. The zero-order chi connectivity index (χ0) is 30.3. The van der Waals surface area contributed by atoms with Crippen LogP contribution in [0, 0.1) is 0 Å². The van der Waals surface area contributed by atoms with Gasteiger partial charge in [0, 0.05) is 46.1 Å². The summed E-state index contributed by atoms with van der Waals surface area (Å²) in [4.78, 5) is 0. The number of aromatic hydroxyl groups is 2. The van der Waals surface area contributed by atoms with Crippen LogP contribution in [0.3, 0.4) is 0 Å². The quantitative estimate of drug-likeness (QED) is 0.146. The molecule has 0 saturated carbocycles. The lowest BCUT2D eigenvalue weighted by Gasteiger charge is -2.43. The van der Waals surface area contributed by atoms with Crippen molar-refractivity contribution in [3.63, 3.8) is 0 Å². The van der Waals surface area contributed by atoms with Crippen LogP contribution >= 0.6 is 0 Å². The molecule has 0 amide bonds. The first-order valence-corrected chi connectivity index (χ1v) is 15.4. The SMILES string of the molecule is CC1(c2ccc(O)cc2)COc2cc(O)ccc2C1CCCC(O)CCCCCS(=O)CCCC(F)(F)C(F)(F)F. The van der Waals surface area contributed by atoms with Crippen molar-refractivity contribution in [2.45, 2.75) is 94.2 Å². The topological polar surface area (TPSA) is 87.0 Å². The Morgan fingerprint density at radius 2 is 1.56 bits per heavy atom. The van der Waals surface area contributed by atoms with E-state index < -0.39 is 41.8 Å². The number of halogens is 5. The fraction of sp³-hybridized carbons (Fsp3) is 0.600. The van der Waals surface area contributed by atoms with E-state index in [9.17, 15) is 41.5 Å². The molecule has 5 nitrogen and oxygen atoms in total. The van der Waals surface area contributed by atoms with Gasteiger partial charge in [-0.2, -0.15) is 22.0 Å². The molecule has 4 atom stereocenters. The van der Waals surface area contributed by atoms with Gasteiger partial charge in [0.05, 0.1) is 12.7 Å². The van der Waals surface area contributed by atoms with Crippen LogP contribution in [-0.4, -0.2) is 55.8 Å². The Labute approximate surface area is 240 Å². The van der Waals surface area contributed by atoms with Gasteiger partial charge in [0.2, 0.25) is 0 Å². The van der Waals surface area contributed by atoms with E-state index in [1.807, 2.05) is 18.2 Å². The summed E-state index contributed by atoms with van der Waals surface area (Å²) in [7, 11) is -1.45. The normalized spacial score (nSPS) is 20.7. The molecule has 0 aliphatic carbocycles. The average molecular weight is 607 g/mol. The highest BCUT2D eigenvalue weighted by atomic mass is 32.2. The van der Waals surface area contributed by atoms with Gasteiger partial charge in [-0.25, -0.2) is 0 Å². The van der Waals surface area contributed by atoms with Crippen LogP contribution in [0.2, 0.25) is 0 Å². The van der Waals surface area contributed by atoms with Gasteiger partial charge in [0.15, 0.2) is 0 Å². The van der Waals surface area contributed by atoms with Crippen molar-refractivity contribution in [1.29, 1.82) is 0 Å². The largest absolute Gasteiger partial charge is 0.508 e. The minimum Gasteiger partial charge on any atom is -0.508 e. The van der Waals surface area contributed by atoms with Gasteiger partial charge < -0.3 is 20.1 Å². The average Bonchev–Trinajstić information content (AvgIpc) is 2.89. The third-order valence-electron chi connectivity index (χ3n) is 7.91. The molecule has 1 aliphatic rings. The van der Waals surface area contributed by atoms with Crippen LogP contribution in [-0.2, 0) is 16.2 Å². The highest BCUT2D eigenvalue weighted by Crippen LogP contribution is 2.49. The molecule has 0 saturated heterocycles. The van der Waals surface area contributed by atoms with E-state index in [0.717, 1.165) is 24.0 Å². The number of hydrogen-bond acceptors (Lipinski definition) is 5. The monoisotopic (exact) mass is 606 g/mol. The summed E-state index contributed by atoms with van der Waals surface area (Å²) in [5, 5.41) is 30.2. The highest BCUT2D eigenvalue weighted by molar-refractivity contribution is 7.84. The van der Waals surface area contributed by atoms with E-state index in [4.69, 9.17) is 4.74 Å². The van der Waals surface area contributed by atoms with Gasteiger partial charge in [-0.1, -0.05) is 44.4 Å². The van der Waals surface area contributed by atoms with E-state index in [1.54, 1.807) is 24.3 Å². The molecule has 4 unspecified atom stereocenters. The van der Waals surface area contributed by atoms with E-state index in [0.29, 0.717) is 44.5 Å². The zero-order valence-corrected chi connectivity index (χ0v) is 24.0. The standard InChI is InChI=1S/C30H39F5O5S/c1-28(21-10-12-23(37)13-11-21)20-40-27-19-24(38)14-15-25(27)26(28)9-5-8-22(36)7-3-2-4-17-41(39)18-6-16-29(31,32)30(33,34)35/h10-15,19,22,26,36-38H,2-9,16-18,20H2,1H3. The Balaban J connectivity index is 1.42. The fourth-order valence-corrected chi connectivity index (χ4v) is 6.63. The van der Waals surface area contributed by atoms with Crippen molar-refractivity contribution >= 4 is 10.8 Å². The molecule has 2 aromatic carbocycles. The molecular formula is C30H39F5O5S. The van der Waals surface area contributed by atoms with Crippen LogP contribution in [0.5, 0.6) is 17.2 Å². The maximum absolute atomic E-state index is 12.9. The van der Waals surface area contributed by atoms with Crippen LogP contribution in [0.25, 0.3) is 0 Å². The van der Waals surface area contributed by atoms with Crippen molar-refractivity contribution in [1.82, 2.24) is 0 Å². The molecule has 11 heteroatoms. The molecule has 0 radical (unpaired) electrons. The lowest BCUT2D eigenvalue weighted by Crippen LogP contribution is -2.40. The zero-order valence-electron chi connectivity index (χ0n) is 23.1. The van der Waals surface area contributed by atoms with E-state index in [2.05, 4.69) is 6.92 Å². The second kappa shape index (κ2) is 14.2. The van der Waals surface area contributed by atoms with Gasteiger partial charge in [0.25, 0.3) is 0 Å². The van der Waals surface area contributed by atoms with Gasteiger partial charge >= 0.3 is 12.1 Å². The van der Waals surface area contributed by atoms with Crippen molar-refractivity contribution < 1.29 is 46.2 Å². The molecule has 1 aliphatic heterocycles. The van der Waals surface area contributed by atoms with Crippen LogP contribution < -0.4 is 4.74 Å². The summed E-state index contributed by atoms with van der Waals surface area (Å²) < 4.78 is 80.5. The molecule has 3 rings (SSSR count). The Morgan fingerprint density at radius 3 is 2.24 bits per heavy atom. The maximum Gasteiger partial charge on any atom is 0.453 e. The Hall–Kier alpha value is -2.40. The minimum absolute atomic E-state index is 0.0506. The number of phenolic OH excluding ortho intramolecular Hbond substituents is 2. The molecule has 0 fully saturated rings. The first-order chi connectivity index (χ1) is 19.2. The van der Waals surface area contributed by atoms with E-state index in [1.165, 1.54) is 0 Å². The number of aliphatic hydroxyl groups is 1. The summed E-state index contributed by atoms with van der Waals surface area (Å²) in [5.41, 5.74) is 1.61. The smallest absolute Gasteiger partial charge is 0.453 e. The predicted octanol–water partition coefficient (Wildman–Crippen LogP) is 7.35. The molecular weight excluding hydrogens is 567 g/mol. The molecule has 2 aromatic rings. The predicted molar refractivity (Wildman–Crippen MR) is 148 cm³/mol. The molecule has 0 aromatic heterocycles. The van der Waals surface area contributed by atoms with E-state index >= 15 is 0 Å². The summed E-state index contributed by atoms with van der Waals surface area (Å²) in [5.74, 6) is -3.72.